The zero-order valence-electron chi connectivity index (χ0n) is 17.8. The third kappa shape index (κ3) is 4.83. The molecule has 0 radical (unpaired) electrons. The normalized spacial score (nSPS) is 15.9. The van der Waals surface area contributed by atoms with Crippen LogP contribution in [0.5, 0.6) is 0 Å². The smallest absolute Gasteiger partial charge is 0.238 e. The van der Waals surface area contributed by atoms with Crippen molar-refractivity contribution in [3.63, 3.8) is 0 Å². The Bertz CT molecular complexity index is 1100. The number of amides is 2. The second-order valence-corrected chi connectivity index (χ2v) is 8.91. The largest absolute Gasteiger partial charge is 0.326 e. The molecule has 0 aromatic heterocycles. The fourth-order valence-electron chi connectivity index (χ4n) is 3.93. The second-order valence-electron chi connectivity index (χ2n) is 7.84. The van der Waals surface area contributed by atoms with Crippen molar-refractivity contribution >= 4 is 35.0 Å². The number of hydrogen-bond donors (Lipinski definition) is 1. The maximum absolute atomic E-state index is 12.8. The van der Waals surface area contributed by atoms with Gasteiger partial charge in [-0.3, -0.25) is 14.5 Å². The van der Waals surface area contributed by atoms with E-state index in [1.54, 1.807) is 11.8 Å². The standard InChI is InChI=1S/C26H26N2O2S/c1-18-12-14-23(19(2)16-18)28-25(30)17-31-26(28)21-10-6-7-11-22(21)27-24(29)15-13-20-8-4-3-5-9-20/h3-12,14,16,26H,13,15,17H2,1-2H3,(H,27,29)/t26-/m0/s1. The molecule has 0 bridgehead atoms. The molecule has 3 aromatic rings. The van der Waals surface area contributed by atoms with Gasteiger partial charge < -0.3 is 5.32 Å². The van der Waals surface area contributed by atoms with Crippen LogP contribution >= 0.6 is 11.8 Å². The molecular formula is C26H26N2O2S. The summed E-state index contributed by atoms with van der Waals surface area (Å²) in [7, 11) is 0. The molecule has 0 spiro atoms. The number of thioether (sulfide) groups is 1. The molecule has 4 rings (SSSR count). The van der Waals surface area contributed by atoms with Gasteiger partial charge in [0, 0.05) is 23.4 Å². The van der Waals surface area contributed by atoms with Crippen molar-refractivity contribution in [2.24, 2.45) is 0 Å². The Hall–Kier alpha value is -3.05. The number of anilines is 2. The zero-order chi connectivity index (χ0) is 21.8. The third-order valence-electron chi connectivity index (χ3n) is 5.46. The molecule has 0 saturated carbocycles. The maximum atomic E-state index is 12.8. The third-order valence-corrected chi connectivity index (χ3v) is 6.66. The lowest BCUT2D eigenvalue weighted by Crippen LogP contribution is -2.29. The topological polar surface area (TPSA) is 49.4 Å². The summed E-state index contributed by atoms with van der Waals surface area (Å²) in [5.74, 6) is 0.490. The van der Waals surface area contributed by atoms with E-state index in [1.165, 1.54) is 5.56 Å². The van der Waals surface area contributed by atoms with Crippen LogP contribution in [0.2, 0.25) is 0 Å². The maximum Gasteiger partial charge on any atom is 0.238 e. The molecule has 1 aliphatic rings. The highest BCUT2D eigenvalue weighted by Gasteiger charge is 2.36. The van der Waals surface area contributed by atoms with Crippen LogP contribution in [0.15, 0.2) is 72.8 Å². The number of rotatable bonds is 6. The quantitative estimate of drug-likeness (QED) is 0.549. The molecular weight excluding hydrogens is 404 g/mol. The first-order valence-electron chi connectivity index (χ1n) is 10.5. The molecule has 1 saturated heterocycles. The summed E-state index contributed by atoms with van der Waals surface area (Å²) in [5, 5.41) is 2.91. The Labute approximate surface area is 187 Å². The van der Waals surface area contributed by atoms with Gasteiger partial charge >= 0.3 is 0 Å². The average Bonchev–Trinajstić information content (AvgIpc) is 3.14. The number of nitrogens with one attached hydrogen (secondary N) is 1. The summed E-state index contributed by atoms with van der Waals surface area (Å²) >= 11 is 1.60. The van der Waals surface area contributed by atoms with Crippen molar-refractivity contribution in [1.29, 1.82) is 0 Å². The van der Waals surface area contributed by atoms with Gasteiger partial charge in [-0.25, -0.2) is 0 Å². The van der Waals surface area contributed by atoms with Crippen LogP contribution < -0.4 is 10.2 Å². The fourth-order valence-corrected chi connectivity index (χ4v) is 5.14. The van der Waals surface area contributed by atoms with Crippen molar-refractivity contribution in [2.45, 2.75) is 32.1 Å². The van der Waals surface area contributed by atoms with Crippen LogP contribution in [0.4, 0.5) is 11.4 Å². The highest BCUT2D eigenvalue weighted by Crippen LogP contribution is 2.45. The monoisotopic (exact) mass is 430 g/mol. The van der Waals surface area contributed by atoms with E-state index in [0.29, 0.717) is 18.6 Å². The number of benzene rings is 3. The first-order valence-corrected chi connectivity index (χ1v) is 11.5. The number of carbonyl (C=O) groups excluding carboxylic acids is 2. The highest BCUT2D eigenvalue weighted by molar-refractivity contribution is 8.00. The SMILES string of the molecule is Cc1ccc(N2C(=O)CS[C@H]2c2ccccc2NC(=O)CCc2ccccc2)c(C)c1. The number of para-hydroxylation sites is 1. The number of aryl methyl sites for hydroxylation is 3. The highest BCUT2D eigenvalue weighted by atomic mass is 32.2. The Kier molecular flexibility index (Phi) is 6.42. The first kappa shape index (κ1) is 21.2. The summed E-state index contributed by atoms with van der Waals surface area (Å²) in [4.78, 5) is 27.3. The van der Waals surface area contributed by atoms with E-state index in [2.05, 4.69) is 18.3 Å². The second kappa shape index (κ2) is 9.40. The number of carbonyl (C=O) groups is 2. The minimum absolute atomic E-state index is 0.0244. The van der Waals surface area contributed by atoms with Gasteiger partial charge in [0.25, 0.3) is 0 Å². The zero-order valence-corrected chi connectivity index (χ0v) is 18.6. The van der Waals surface area contributed by atoms with Crippen molar-refractivity contribution in [1.82, 2.24) is 0 Å². The molecule has 1 aliphatic heterocycles. The van der Waals surface area contributed by atoms with E-state index < -0.39 is 0 Å². The van der Waals surface area contributed by atoms with Gasteiger partial charge in [-0.2, -0.15) is 0 Å². The summed E-state index contributed by atoms with van der Waals surface area (Å²) < 4.78 is 0. The molecule has 0 aliphatic carbocycles. The van der Waals surface area contributed by atoms with Crippen molar-refractivity contribution in [2.75, 3.05) is 16.0 Å². The Morgan fingerprint density at radius 3 is 2.55 bits per heavy atom. The molecule has 1 N–H and O–H groups in total. The summed E-state index contributed by atoms with van der Waals surface area (Å²) in [5.41, 5.74) is 6.03. The molecule has 4 nitrogen and oxygen atoms in total. The molecule has 5 heteroatoms. The molecule has 158 valence electrons. The van der Waals surface area contributed by atoms with Gasteiger partial charge in [0.15, 0.2) is 0 Å². The van der Waals surface area contributed by atoms with E-state index in [1.807, 2.05) is 78.6 Å². The first-order chi connectivity index (χ1) is 15.0. The fraction of sp³-hybridized carbons (Fsp3) is 0.231. The molecule has 3 aromatic carbocycles. The van der Waals surface area contributed by atoms with E-state index in [9.17, 15) is 9.59 Å². The average molecular weight is 431 g/mol. The van der Waals surface area contributed by atoms with Gasteiger partial charge in [0.2, 0.25) is 11.8 Å². The van der Waals surface area contributed by atoms with E-state index >= 15 is 0 Å². The summed E-state index contributed by atoms with van der Waals surface area (Å²) in [6.45, 7) is 4.09. The van der Waals surface area contributed by atoms with Crippen LogP contribution in [0.1, 0.15) is 34.0 Å². The van der Waals surface area contributed by atoms with Gasteiger partial charge in [-0.1, -0.05) is 66.2 Å². The Balaban J connectivity index is 1.55. The van der Waals surface area contributed by atoms with Gasteiger partial charge in [0.1, 0.15) is 5.37 Å². The van der Waals surface area contributed by atoms with Crippen molar-refractivity contribution < 1.29 is 9.59 Å². The predicted molar refractivity (Wildman–Crippen MR) is 128 cm³/mol. The number of hydrogen-bond acceptors (Lipinski definition) is 3. The van der Waals surface area contributed by atoms with Crippen molar-refractivity contribution in [3.05, 3.63) is 95.1 Å². The lowest BCUT2D eigenvalue weighted by atomic mass is 10.1. The van der Waals surface area contributed by atoms with Crippen LogP contribution in [0, 0.1) is 13.8 Å². The molecule has 1 atom stereocenters. The van der Waals surface area contributed by atoms with Crippen LogP contribution in [0.25, 0.3) is 0 Å². The summed E-state index contributed by atoms with van der Waals surface area (Å²) in [6.07, 6.45) is 1.11. The van der Waals surface area contributed by atoms with Crippen LogP contribution in [-0.2, 0) is 16.0 Å². The lowest BCUT2D eigenvalue weighted by Gasteiger charge is -2.27. The molecule has 1 heterocycles. The van der Waals surface area contributed by atoms with Crippen LogP contribution in [-0.4, -0.2) is 17.6 Å². The Morgan fingerprint density at radius 2 is 1.77 bits per heavy atom. The molecule has 0 unspecified atom stereocenters. The van der Waals surface area contributed by atoms with E-state index in [4.69, 9.17) is 0 Å². The molecule has 1 fully saturated rings. The van der Waals surface area contributed by atoms with Gasteiger partial charge in [-0.05, 0) is 43.5 Å². The predicted octanol–water partition coefficient (Wildman–Crippen LogP) is 5.65. The molecule has 2 amide bonds. The van der Waals surface area contributed by atoms with E-state index in [-0.39, 0.29) is 17.2 Å². The lowest BCUT2D eigenvalue weighted by molar-refractivity contribution is -0.116. The Morgan fingerprint density at radius 1 is 1.03 bits per heavy atom. The van der Waals surface area contributed by atoms with Gasteiger partial charge in [0.05, 0.1) is 5.75 Å². The number of nitrogens with zero attached hydrogens (tertiary/aromatic N) is 1. The van der Waals surface area contributed by atoms with Crippen LogP contribution in [0.3, 0.4) is 0 Å². The molecule has 31 heavy (non-hydrogen) atoms. The van der Waals surface area contributed by atoms with E-state index in [0.717, 1.165) is 28.1 Å². The minimum Gasteiger partial charge on any atom is -0.326 e. The van der Waals surface area contributed by atoms with Crippen molar-refractivity contribution in [3.8, 4) is 0 Å². The van der Waals surface area contributed by atoms with Gasteiger partial charge in [-0.15, -0.1) is 11.8 Å². The summed E-state index contributed by atoms with van der Waals surface area (Å²) in [6, 6.07) is 23.9. The minimum atomic E-state index is -0.167.